The summed E-state index contributed by atoms with van der Waals surface area (Å²) < 4.78 is 63.0. The van der Waals surface area contributed by atoms with Crippen LogP contribution in [0.3, 0.4) is 0 Å². The summed E-state index contributed by atoms with van der Waals surface area (Å²) in [4.78, 5) is 38.5. The van der Waals surface area contributed by atoms with E-state index in [2.05, 4.69) is 15.3 Å². The lowest BCUT2D eigenvalue weighted by Gasteiger charge is -2.29. The number of nitrogens with one attached hydrogen (secondary N) is 1. The van der Waals surface area contributed by atoms with Crippen LogP contribution in [-0.2, 0) is 38.7 Å². The summed E-state index contributed by atoms with van der Waals surface area (Å²) in [6.45, 7) is 2.84. The van der Waals surface area contributed by atoms with Crippen molar-refractivity contribution in [3.05, 3.63) is 77.1 Å². The highest BCUT2D eigenvalue weighted by atomic mass is 32.2. The standard InChI is InChI=1S/C29H30F3N5O5S/c1-28(2,40)26(39)37-16-18-12-22(43(3,41)42)10-11-23(18)24(37)25(38)35-20-13-33-27(34-14-20)36(21-8-9-21)15-17-4-6-19(7-5-17)29(30,31)32/h4-7,10-14,21,24,40H,8-9,15-16H2,1-3H3,(H,35,38)/t24-/m1/s1. The Labute approximate surface area is 246 Å². The van der Waals surface area contributed by atoms with E-state index in [0.29, 0.717) is 29.2 Å². The fourth-order valence-electron chi connectivity index (χ4n) is 4.97. The number of fused-ring (bicyclic) bond motifs is 1. The fourth-order valence-corrected chi connectivity index (χ4v) is 5.64. The van der Waals surface area contributed by atoms with E-state index in [1.165, 1.54) is 61.5 Å². The Kier molecular flexibility index (Phi) is 7.71. The van der Waals surface area contributed by atoms with Crippen molar-refractivity contribution in [3.63, 3.8) is 0 Å². The number of aliphatic hydroxyl groups is 1. The van der Waals surface area contributed by atoms with Gasteiger partial charge in [-0.2, -0.15) is 13.2 Å². The second kappa shape index (κ2) is 10.9. The van der Waals surface area contributed by atoms with Gasteiger partial charge in [0.1, 0.15) is 11.6 Å². The van der Waals surface area contributed by atoms with Gasteiger partial charge in [0.25, 0.3) is 11.8 Å². The highest BCUT2D eigenvalue weighted by Crippen LogP contribution is 2.38. The van der Waals surface area contributed by atoms with E-state index in [1.54, 1.807) is 0 Å². The molecule has 0 unspecified atom stereocenters. The lowest BCUT2D eigenvalue weighted by Crippen LogP contribution is -2.46. The van der Waals surface area contributed by atoms with E-state index in [4.69, 9.17) is 0 Å². The molecule has 1 saturated carbocycles. The average Bonchev–Trinajstić information content (AvgIpc) is 3.69. The summed E-state index contributed by atoms with van der Waals surface area (Å²) in [5.41, 5.74) is -0.724. The first-order valence-electron chi connectivity index (χ1n) is 13.4. The van der Waals surface area contributed by atoms with Crippen LogP contribution in [0.5, 0.6) is 0 Å². The van der Waals surface area contributed by atoms with E-state index in [0.717, 1.165) is 31.2 Å². The van der Waals surface area contributed by atoms with Gasteiger partial charge in [0.15, 0.2) is 9.84 Å². The van der Waals surface area contributed by atoms with Gasteiger partial charge in [0.05, 0.1) is 28.5 Å². The number of hydrogen-bond donors (Lipinski definition) is 2. The molecule has 2 N–H and O–H groups in total. The Morgan fingerprint density at radius 1 is 1.07 bits per heavy atom. The predicted octanol–water partition coefficient (Wildman–Crippen LogP) is 3.86. The van der Waals surface area contributed by atoms with Crippen molar-refractivity contribution in [1.82, 2.24) is 14.9 Å². The summed E-state index contributed by atoms with van der Waals surface area (Å²) in [5, 5.41) is 13.1. The van der Waals surface area contributed by atoms with Gasteiger partial charge in [-0.05, 0) is 67.6 Å². The topological polar surface area (TPSA) is 133 Å². The molecule has 0 saturated heterocycles. The van der Waals surface area contributed by atoms with Crippen molar-refractivity contribution in [2.75, 3.05) is 16.5 Å². The number of sulfone groups is 1. The van der Waals surface area contributed by atoms with Crippen LogP contribution in [0.15, 0.2) is 59.8 Å². The van der Waals surface area contributed by atoms with Crippen LogP contribution >= 0.6 is 0 Å². The van der Waals surface area contributed by atoms with Crippen molar-refractivity contribution >= 4 is 33.3 Å². The minimum absolute atomic E-state index is 0.0449. The van der Waals surface area contributed by atoms with Crippen molar-refractivity contribution in [2.24, 2.45) is 0 Å². The van der Waals surface area contributed by atoms with Gasteiger partial charge in [-0.1, -0.05) is 18.2 Å². The number of benzene rings is 2. The molecule has 0 bridgehead atoms. The number of nitrogens with zero attached hydrogens (tertiary/aromatic N) is 4. The molecule has 1 aliphatic carbocycles. The van der Waals surface area contributed by atoms with Crippen molar-refractivity contribution < 1.29 is 36.3 Å². The Morgan fingerprint density at radius 3 is 2.23 bits per heavy atom. The molecule has 2 heterocycles. The molecule has 0 radical (unpaired) electrons. The van der Waals surface area contributed by atoms with E-state index in [-0.39, 0.29) is 23.2 Å². The zero-order valence-corrected chi connectivity index (χ0v) is 24.4. The number of halogens is 3. The van der Waals surface area contributed by atoms with Crippen LogP contribution in [0.25, 0.3) is 0 Å². The third-order valence-corrected chi connectivity index (χ3v) is 8.42. The zero-order valence-electron chi connectivity index (χ0n) is 23.6. The second-order valence-electron chi connectivity index (χ2n) is 11.3. The number of anilines is 2. The van der Waals surface area contributed by atoms with Crippen LogP contribution in [0.4, 0.5) is 24.8 Å². The molecular weight excluding hydrogens is 587 g/mol. The summed E-state index contributed by atoms with van der Waals surface area (Å²) in [6, 6.07) is 8.18. The largest absolute Gasteiger partial charge is 0.416 e. The number of carbonyl (C=O) groups is 2. The molecule has 1 aliphatic heterocycles. The SMILES string of the molecule is CC(C)(O)C(=O)N1Cc2cc(S(C)(=O)=O)ccc2[C@@H]1C(=O)Nc1cnc(N(Cc2ccc(C(F)(F)F)cc2)C2CC2)nc1. The van der Waals surface area contributed by atoms with E-state index >= 15 is 0 Å². The maximum atomic E-state index is 13.5. The van der Waals surface area contributed by atoms with E-state index < -0.39 is 45.0 Å². The molecule has 1 aromatic heterocycles. The molecule has 14 heteroatoms. The van der Waals surface area contributed by atoms with Crippen LogP contribution in [0.1, 0.15) is 55.0 Å². The van der Waals surface area contributed by atoms with Gasteiger partial charge in [-0.25, -0.2) is 18.4 Å². The van der Waals surface area contributed by atoms with Crippen LogP contribution in [0, 0.1) is 0 Å². The normalized spacial score (nSPS) is 17.0. The molecule has 2 amide bonds. The van der Waals surface area contributed by atoms with Crippen LogP contribution in [0.2, 0.25) is 0 Å². The molecular formula is C29H30F3N5O5S. The second-order valence-corrected chi connectivity index (χ2v) is 13.4. The lowest BCUT2D eigenvalue weighted by molar-refractivity contribution is -0.152. The monoisotopic (exact) mass is 617 g/mol. The Bertz CT molecular complexity index is 1650. The third kappa shape index (κ3) is 6.64. The Morgan fingerprint density at radius 2 is 1.70 bits per heavy atom. The Hall–Kier alpha value is -4.04. The highest BCUT2D eigenvalue weighted by molar-refractivity contribution is 7.90. The van der Waals surface area contributed by atoms with Crippen molar-refractivity contribution in [2.45, 2.75) is 68.5 Å². The zero-order chi connectivity index (χ0) is 31.3. The number of hydrogen-bond acceptors (Lipinski definition) is 8. The van der Waals surface area contributed by atoms with Gasteiger partial charge < -0.3 is 20.2 Å². The Balaban J connectivity index is 1.35. The molecule has 10 nitrogen and oxygen atoms in total. The van der Waals surface area contributed by atoms with Gasteiger partial charge >= 0.3 is 6.18 Å². The number of amides is 2. The molecule has 3 aromatic rings. The minimum Gasteiger partial charge on any atom is -0.381 e. The quantitative estimate of drug-likeness (QED) is 0.390. The lowest BCUT2D eigenvalue weighted by atomic mass is 10.0. The van der Waals surface area contributed by atoms with Gasteiger partial charge in [0.2, 0.25) is 5.95 Å². The van der Waals surface area contributed by atoms with Gasteiger partial charge in [0, 0.05) is 25.4 Å². The summed E-state index contributed by atoms with van der Waals surface area (Å²) in [7, 11) is -3.54. The van der Waals surface area contributed by atoms with Crippen LogP contribution in [-0.4, -0.2) is 58.1 Å². The maximum Gasteiger partial charge on any atom is 0.416 e. The maximum absolute atomic E-state index is 13.5. The first-order valence-corrected chi connectivity index (χ1v) is 15.3. The molecule has 228 valence electrons. The van der Waals surface area contributed by atoms with Crippen LogP contribution < -0.4 is 10.2 Å². The summed E-state index contributed by atoms with van der Waals surface area (Å²) in [6.07, 6.45) is 1.20. The summed E-state index contributed by atoms with van der Waals surface area (Å²) in [5.74, 6) is -0.970. The number of aromatic nitrogens is 2. The summed E-state index contributed by atoms with van der Waals surface area (Å²) >= 11 is 0. The van der Waals surface area contributed by atoms with E-state index in [9.17, 15) is 36.3 Å². The molecule has 1 atom stereocenters. The first-order chi connectivity index (χ1) is 20.0. The number of alkyl halides is 3. The van der Waals surface area contributed by atoms with Crippen molar-refractivity contribution in [1.29, 1.82) is 0 Å². The number of rotatable bonds is 8. The number of carbonyl (C=O) groups excluding carboxylic acids is 2. The fraction of sp³-hybridized carbons (Fsp3) is 0.379. The van der Waals surface area contributed by atoms with Gasteiger partial charge in [-0.3, -0.25) is 9.59 Å². The molecule has 5 rings (SSSR count). The van der Waals surface area contributed by atoms with Crippen molar-refractivity contribution in [3.8, 4) is 0 Å². The highest BCUT2D eigenvalue weighted by Gasteiger charge is 2.43. The smallest absolute Gasteiger partial charge is 0.381 e. The molecule has 1 fully saturated rings. The van der Waals surface area contributed by atoms with E-state index in [1.807, 2.05) is 4.90 Å². The molecule has 2 aromatic carbocycles. The average molecular weight is 618 g/mol. The molecule has 2 aliphatic rings. The third-order valence-electron chi connectivity index (χ3n) is 7.31. The predicted molar refractivity (Wildman–Crippen MR) is 150 cm³/mol. The minimum atomic E-state index is -4.42. The molecule has 43 heavy (non-hydrogen) atoms. The van der Waals surface area contributed by atoms with Gasteiger partial charge in [-0.15, -0.1) is 0 Å². The first kappa shape index (κ1) is 30.4. The molecule has 0 spiro atoms.